The van der Waals surface area contributed by atoms with Gasteiger partial charge in [-0.05, 0) is 49.1 Å². The van der Waals surface area contributed by atoms with Crippen LogP contribution in [0.2, 0.25) is 0 Å². The summed E-state index contributed by atoms with van der Waals surface area (Å²) in [5.41, 5.74) is 4.39. The van der Waals surface area contributed by atoms with Gasteiger partial charge in [0, 0.05) is 17.5 Å². The van der Waals surface area contributed by atoms with E-state index in [2.05, 4.69) is 13.0 Å². The molecule has 3 aromatic rings. The zero-order valence-corrected chi connectivity index (χ0v) is 14.8. The summed E-state index contributed by atoms with van der Waals surface area (Å²) in [6.45, 7) is 6.67. The maximum Gasteiger partial charge on any atom is 0.336 e. The molecule has 0 bridgehead atoms. The van der Waals surface area contributed by atoms with Crippen LogP contribution in [0.5, 0.6) is 5.75 Å². The molecule has 0 atom stereocenters. The number of hydrogen-bond donors (Lipinski definition) is 0. The molecule has 128 valence electrons. The van der Waals surface area contributed by atoms with Gasteiger partial charge in [0.25, 0.3) is 0 Å². The molecule has 0 spiro atoms. The summed E-state index contributed by atoms with van der Waals surface area (Å²) in [6, 6.07) is 15.4. The Labute approximate surface area is 147 Å². The van der Waals surface area contributed by atoms with Gasteiger partial charge in [-0.15, -0.1) is 0 Å². The minimum absolute atomic E-state index is 0.356. The topological polar surface area (TPSA) is 39.4 Å². The largest absolute Gasteiger partial charge is 0.489 e. The fourth-order valence-electron chi connectivity index (χ4n) is 2.80. The first-order valence-electron chi connectivity index (χ1n) is 8.51. The third kappa shape index (κ3) is 3.82. The second kappa shape index (κ2) is 7.39. The Kier molecular flexibility index (Phi) is 5.03. The highest BCUT2D eigenvalue weighted by Gasteiger charge is 2.12. The standard InChI is InChI=1S/C22H22O3/c1-4-16-12-19-18(17-8-6-5-7-9-17)13-22(23)25-21(19)14-20(16)24-11-10-15(2)3/h5-10,12-14H,4,11H2,1-3H3. The third-order valence-electron chi connectivity index (χ3n) is 4.12. The van der Waals surface area contributed by atoms with Gasteiger partial charge in [-0.1, -0.05) is 42.8 Å². The van der Waals surface area contributed by atoms with Gasteiger partial charge in [0.1, 0.15) is 17.9 Å². The summed E-state index contributed by atoms with van der Waals surface area (Å²) in [6.07, 6.45) is 2.87. The molecule has 0 unspecified atom stereocenters. The van der Waals surface area contributed by atoms with Crippen LogP contribution in [0.15, 0.2) is 69.4 Å². The van der Waals surface area contributed by atoms with E-state index in [9.17, 15) is 4.79 Å². The molecule has 0 N–H and O–H groups in total. The predicted molar refractivity (Wildman–Crippen MR) is 102 cm³/mol. The first kappa shape index (κ1) is 17.0. The van der Waals surface area contributed by atoms with Gasteiger partial charge in [0.05, 0.1) is 0 Å². The van der Waals surface area contributed by atoms with E-state index in [0.717, 1.165) is 34.2 Å². The van der Waals surface area contributed by atoms with Gasteiger partial charge >= 0.3 is 5.63 Å². The van der Waals surface area contributed by atoms with Crippen LogP contribution in [0, 0.1) is 0 Å². The summed E-state index contributed by atoms with van der Waals surface area (Å²) in [7, 11) is 0. The minimum atomic E-state index is -0.356. The van der Waals surface area contributed by atoms with E-state index >= 15 is 0 Å². The molecule has 3 heteroatoms. The fraction of sp³-hybridized carbons (Fsp3) is 0.227. The molecule has 0 saturated carbocycles. The predicted octanol–water partition coefficient (Wildman–Crippen LogP) is 5.37. The van der Waals surface area contributed by atoms with Crippen LogP contribution in [-0.2, 0) is 6.42 Å². The van der Waals surface area contributed by atoms with Gasteiger partial charge in [-0.2, -0.15) is 0 Å². The molecule has 1 heterocycles. The van der Waals surface area contributed by atoms with E-state index < -0.39 is 0 Å². The van der Waals surface area contributed by atoms with Crippen LogP contribution < -0.4 is 10.4 Å². The van der Waals surface area contributed by atoms with Crippen molar-refractivity contribution in [2.24, 2.45) is 0 Å². The first-order valence-corrected chi connectivity index (χ1v) is 8.51. The van der Waals surface area contributed by atoms with Gasteiger partial charge in [0.15, 0.2) is 0 Å². The number of allylic oxidation sites excluding steroid dienone is 1. The van der Waals surface area contributed by atoms with Crippen LogP contribution in [-0.4, -0.2) is 6.61 Å². The molecule has 0 fully saturated rings. The molecule has 0 amide bonds. The molecule has 3 nitrogen and oxygen atoms in total. The Hall–Kier alpha value is -2.81. The number of fused-ring (bicyclic) bond motifs is 1. The van der Waals surface area contributed by atoms with Gasteiger partial charge in [-0.3, -0.25) is 0 Å². The lowest BCUT2D eigenvalue weighted by molar-refractivity contribution is 0.358. The number of aryl methyl sites for hydroxylation is 1. The maximum absolute atomic E-state index is 12.0. The highest BCUT2D eigenvalue weighted by molar-refractivity contribution is 5.94. The Morgan fingerprint density at radius 3 is 2.56 bits per heavy atom. The molecule has 0 aliphatic rings. The molecule has 2 aromatic carbocycles. The quantitative estimate of drug-likeness (QED) is 0.465. The van der Waals surface area contributed by atoms with Crippen LogP contribution in [0.4, 0.5) is 0 Å². The van der Waals surface area contributed by atoms with Crippen molar-refractivity contribution in [2.75, 3.05) is 6.61 Å². The highest BCUT2D eigenvalue weighted by atomic mass is 16.5. The Bertz CT molecular complexity index is 962. The Morgan fingerprint density at radius 2 is 1.88 bits per heavy atom. The summed E-state index contributed by atoms with van der Waals surface area (Å²) >= 11 is 0. The lowest BCUT2D eigenvalue weighted by Gasteiger charge is -2.12. The van der Waals surface area contributed by atoms with E-state index in [4.69, 9.17) is 9.15 Å². The second-order valence-corrected chi connectivity index (χ2v) is 6.25. The molecule has 0 aliphatic carbocycles. The van der Waals surface area contributed by atoms with E-state index in [0.29, 0.717) is 12.2 Å². The van der Waals surface area contributed by atoms with Gasteiger partial charge in [0.2, 0.25) is 0 Å². The van der Waals surface area contributed by atoms with E-state index in [1.54, 1.807) is 6.07 Å². The third-order valence-corrected chi connectivity index (χ3v) is 4.12. The molecular formula is C22H22O3. The lowest BCUT2D eigenvalue weighted by atomic mass is 9.99. The van der Waals surface area contributed by atoms with Gasteiger partial charge < -0.3 is 9.15 Å². The van der Waals surface area contributed by atoms with Crippen molar-refractivity contribution in [3.05, 3.63) is 76.2 Å². The molecule has 0 saturated heterocycles. The average molecular weight is 334 g/mol. The molecule has 3 rings (SSSR count). The zero-order chi connectivity index (χ0) is 17.8. The van der Waals surface area contributed by atoms with Crippen LogP contribution in [0.1, 0.15) is 26.3 Å². The molecule has 1 aromatic heterocycles. The van der Waals surface area contributed by atoms with Crippen molar-refractivity contribution in [2.45, 2.75) is 27.2 Å². The van der Waals surface area contributed by atoms with Crippen LogP contribution in [0.3, 0.4) is 0 Å². The highest BCUT2D eigenvalue weighted by Crippen LogP contribution is 2.32. The van der Waals surface area contributed by atoms with Crippen LogP contribution >= 0.6 is 0 Å². The summed E-state index contributed by atoms with van der Waals surface area (Å²) < 4.78 is 11.3. The second-order valence-electron chi connectivity index (χ2n) is 6.25. The summed E-state index contributed by atoms with van der Waals surface area (Å²) in [5, 5.41) is 0.928. The number of rotatable bonds is 5. The summed E-state index contributed by atoms with van der Waals surface area (Å²) in [5.74, 6) is 0.765. The first-order chi connectivity index (χ1) is 12.1. The number of benzene rings is 2. The van der Waals surface area contributed by atoms with Gasteiger partial charge in [-0.25, -0.2) is 4.79 Å². The van der Waals surface area contributed by atoms with E-state index in [-0.39, 0.29) is 5.63 Å². The molecule has 0 aliphatic heterocycles. The SMILES string of the molecule is CCc1cc2c(-c3ccccc3)cc(=O)oc2cc1OCC=C(C)C. The maximum atomic E-state index is 12.0. The number of hydrogen-bond acceptors (Lipinski definition) is 3. The van der Waals surface area contributed by atoms with E-state index in [1.165, 1.54) is 5.57 Å². The summed E-state index contributed by atoms with van der Waals surface area (Å²) in [4.78, 5) is 12.0. The average Bonchev–Trinajstić information content (AvgIpc) is 2.61. The zero-order valence-electron chi connectivity index (χ0n) is 14.8. The minimum Gasteiger partial charge on any atom is -0.489 e. The van der Waals surface area contributed by atoms with Crippen molar-refractivity contribution in [1.29, 1.82) is 0 Å². The monoisotopic (exact) mass is 334 g/mol. The Morgan fingerprint density at radius 1 is 1.12 bits per heavy atom. The fourth-order valence-corrected chi connectivity index (χ4v) is 2.80. The lowest BCUT2D eigenvalue weighted by Crippen LogP contribution is -2.01. The van der Waals surface area contributed by atoms with Crippen molar-refractivity contribution in [3.8, 4) is 16.9 Å². The molecule has 25 heavy (non-hydrogen) atoms. The van der Waals surface area contributed by atoms with Crippen molar-refractivity contribution in [1.82, 2.24) is 0 Å². The number of ether oxygens (including phenoxy) is 1. The molecule has 0 radical (unpaired) electrons. The molecular weight excluding hydrogens is 312 g/mol. The van der Waals surface area contributed by atoms with Crippen molar-refractivity contribution in [3.63, 3.8) is 0 Å². The smallest absolute Gasteiger partial charge is 0.336 e. The van der Waals surface area contributed by atoms with Crippen LogP contribution in [0.25, 0.3) is 22.1 Å². The van der Waals surface area contributed by atoms with Crippen molar-refractivity contribution >= 4 is 11.0 Å². The van der Waals surface area contributed by atoms with Crippen molar-refractivity contribution < 1.29 is 9.15 Å². The van der Waals surface area contributed by atoms with E-state index in [1.807, 2.05) is 56.3 Å². The normalized spacial score (nSPS) is 10.7. The Balaban J connectivity index is 2.15.